The Morgan fingerprint density at radius 2 is 1.91 bits per heavy atom. The summed E-state index contributed by atoms with van der Waals surface area (Å²) in [5.41, 5.74) is 3.04. The quantitative estimate of drug-likeness (QED) is 0.868. The Balaban J connectivity index is 1.85. The number of Topliss-reactive ketones (excluding diaryl/α,β-unsaturated/α-hetero) is 1. The van der Waals surface area contributed by atoms with Gasteiger partial charge in [-0.05, 0) is 29.7 Å². The molecule has 5 nitrogen and oxygen atoms in total. The summed E-state index contributed by atoms with van der Waals surface area (Å²) in [5, 5.41) is 2.72. The van der Waals surface area contributed by atoms with Gasteiger partial charge in [-0.15, -0.1) is 0 Å². The highest BCUT2D eigenvalue weighted by Gasteiger charge is 2.32. The second-order valence-electron chi connectivity index (χ2n) is 5.94. The van der Waals surface area contributed by atoms with Crippen molar-refractivity contribution < 1.29 is 9.59 Å². The third-order valence-electron chi connectivity index (χ3n) is 4.47. The van der Waals surface area contributed by atoms with E-state index in [-0.39, 0.29) is 24.3 Å². The first-order valence-electron chi connectivity index (χ1n) is 7.77. The summed E-state index contributed by atoms with van der Waals surface area (Å²) in [4.78, 5) is 26.8. The molecule has 0 spiro atoms. The van der Waals surface area contributed by atoms with Crippen LogP contribution in [0.5, 0.6) is 0 Å². The molecule has 2 aromatic rings. The summed E-state index contributed by atoms with van der Waals surface area (Å²) < 4.78 is 1.81. The highest BCUT2D eigenvalue weighted by molar-refractivity contribution is 5.96. The zero-order valence-corrected chi connectivity index (χ0v) is 13.5. The van der Waals surface area contributed by atoms with Crippen LogP contribution in [0.1, 0.15) is 21.6 Å². The fourth-order valence-electron chi connectivity index (χ4n) is 3.18. The molecule has 0 saturated heterocycles. The highest BCUT2D eigenvalue weighted by atomic mass is 16.2. The van der Waals surface area contributed by atoms with E-state index >= 15 is 0 Å². The van der Waals surface area contributed by atoms with Crippen LogP contribution in [0.25, 0.3) is 0 Å². The van der Waals surface area contributed by atoms with Crippen LogP contribution < -0.4 is 5.32 Å². The first kappa shape index (κ1) is 15.5. The van der Waals surface area contributed by atoms with Gasteiger partial charge in [-0.3, -0.25) is 14.5 Å². The zero-order chi connectivity index (χ0) is 16.4. The molecule has 0 aliphatic carbocycles. The van der Waals surface area contributed by atoms with Gasteiger partial charge < -0.3 is 9.88 Å². The maximum Gasteiger partial charge on any atom is 0.237 e. The second kappa shape index (κ2) is 6.38. The Morgan fingerprint density at radius 3 is 2.57 bits per heavy atom. The summed E-state index contributed by atoms with van der Waals surface area (Å²) >= 11 is 0. The van der Waals surface area contributed by atoms with Crippen LogP contribution in [-0.4, -0.2) is 40.8 Å². The van der Waals surface area contributed by atoms with Gasteiger partial charge in [0, 0.05) is 26.8 Å². The van der Waals surface area contributed by atoms with E-state index in [1.165, 1.54) is 11.1 Å². The first-order valence-corrected chi connectivity index (χ1v) is 7.77. The largest absolute Gasteiger partial charge is 0.358 e. The van der Waals surface area contributed by atoms with Crippen LogP contribution in [0.4, 0.5) is 0 Å². The van der Waals surface area contributed by atoms with E-state index in [0.29, 0.717) is 18.7 Å². The van der Waals surface area contributed by atoms with Gasteiger partial charge in [0.25, 0.3) is 0 Å². The summed E-state index contributed by atoms with van der Waals surface area (Å²) in [6.45, 7) is 0.856. The molecule has 1 aromatic heterocycles. The number of amides is 1. The topological polar surface area (TPSA) is 54.3 Å². The molecule has 5 heteroatoms. The molecule has 1 aromatic carbocycles. The third-order valence-corrected chi connectivity index (χ3v) is 4.47. The van der Waals surface area contributed by atoms with Gasteiger partial charge in [0.1, 0.15) is 0 Å². The molecule has 1 aliphatic rings. The van der Waals surface area contributed by atoms with Crippen molar-refractivity contribution in [1.29, 1.82) is 0 Å². The molecule has 0 radical (unpaired) electrons. The lowest BCUT2D eigenvalue weighted by molar-refractivity contribution is -0.126. The van der Waals surface area contributed by atoms with Crippen molar-refractivity contribution in [3.05, 3.63) is 59.4 Å². The van der Waals surface area contributed by atoms with Crippen molar-refractivity contribution >= 4 is 11.7 Å². The van der Waals surface area contributed by atoms with Crippen LogP contribution >= 0.6 is 0 Å². The van der Waals surface area contributed by atoms with E-state index in [1.54, 1.807) is 7.05 Å². The predicted molar refractivity (Wildman–Crippen MR) is 88.2 cm³/mol. The average Bonchev–Trinajstić information content (AvgIpc) is 2.99. The van der Waals surface area contributed by atoms with Crippen molar-refractivity contribution in [1.82, 2.24) is 14.8 Å². The minimum absolute atomic E-state index is 0.0331. The molecule has 0 saturated carbocycles. The van der Waals surface area contributed by atoms with Crippen molar-refractivity contribution in [2.24, 2.45) is 7.05 Å². The molecule has 0 bridgehead atoms. The van der Waals surface area contributed by atoms with E-state index in [0.717, 1.165) is 0 Å². The Bertz CT molecular complexity index is 735. The lowest BCUT2D eigenvalue weighted by Gasteiger charge is -2.35. The lowest BCUT2D eigenvalue weighted by atomic mass is 9.93. The Labute approximate surface area is 135 Å². The zero-order valence-electron chi connectivity index (χ0n) is 13.5. The van der Waals surface area contributed by atoms with Crippen LogP contribution in [0, 0.1) is 0 Å². The van der Waals surface area contributed by atoms with Gasteiger partial charge in [-0.2, -0.15) is 0 Å². The molecule has 1 amide bonds. The molecule has 120 valence electrons. The van der Waals surface area contributed by atoms with E-state index < -0.39 is 0 Å². The van der Waals surface area contributed by atoms with Crippen molar-refractivity contribution in [2.45, 2.75) is 19.0 Å². The lowest BCUT2D eigenvalue weighted by Crippen LogP contribution is -2.51. The molecule has 0 unspecified atom stereocenters. The Kier molecular flexibility index (Phi) is 4.30. The van der Waals surface area contributed by atoms with Crippen molar-refractivity contribution in [2.75, 3.05) is 13.6 Å². The van der Waals surface area contributed by atoms with Crippen molar-refractivity contribution in [3.8, 4) is 0 Å². The monoisotopic (exact) mass is 311 g/mol. The molecule has 3 rings (SSSR count). The molecule has 2 heterocycles. The number of nitrogens with one attached hydrogen (secondary N) is 1. The Morgan fingerprint density at radius 1 is 1.17 bits per heavy atom. The molecule has 0 fully saturated rings. The Hall–Kier alpha value is -2.40. The number of benzene rings is 1. The third kappa shape index (κ3) is 3.05. The first-order chi connectivity index (χ1) is 11.1. The fraction of sp³-hybridized carbons (Fsp3) is 0.333. The number of hydrogen-bond acceptors (Lipinski definition) is 3. The second-order valence-corrected chi connectivity index (χ2v) is 5.94. The fourth-order valence-corrected chi connectivity index (χ4v) is 3.18. The summed E-state index contributed by atoms with van der Waals surface area (Å²) in [6.07, 6.45) is 2.49. The number of aromatic nitrogens is 1. The maximum atomic E-state index is 12.6. The summed E-state index contributed by atoms with van der Waals surface area (Å²) in [5.74, 6) is -0.00929. The van der Waals surface area contributed by atoms with Gasteiger partial charge >= 0.3 is 0 Å². The van der Waals surface area contributed by atoms with E-state index in [4.69, 9.17) is 0 Å². The molecule has 23 heavy (non-hydrogen) atoms. The normalized spacial score (nSPS) is 17.6. The highest BCUT2D eigenvalue weighted by Crippen LogP contribution is 2.23. The predicted octanol–water partition coefficient (Wildman–Crippen LogP) is 1.38. The number of hydrogen-bond donors (Lipinski definition) is 1. The van der Waals surface area contributed by atoms with Gasteiger partial charge in [0.2, 0.25) is 5.91 Å². The standard InChI is InChI=1S/C18H21N3O2/c1-19-18(23)16-10-13-6-3-4-7-14(13)11-21(16)12-17(22)15-8-5-9-20(15)2/h3-9,16H,10-12H2,1-2H3,(H,19,23)/t16-/m1/s1. The van der Waals surface area contributed by atoms with E-state index in [2.05, 4.69) is 17.4 Å². The van der Waals surface area contributed by atoms with Crippen LogP contribution in [-0.2, 0) is 24.8 Å². The number of rotatable bonds is 4. The smallest absolute Gasteiger partial charge is 0.237 e. The van der Waals surface area contributed by atoms with E-state index in [9.17, 15) is 9.59 Å². The average molecular weight is 311 g/mol. The van der Waals surface area contributed by atoms with Crippen LogP contribution in [0.15, 0.2) is 42.6 Å². The van der Waals surface area contributed by atoms with Gasteiger partial charge in [0.05, 0.1) is 18.3 Å². The maximum absolute atomic E-state index is 12.6. The number of likely N-dealkylation sites (N-methyl/N-ethyl adjacent to an activating group) is 1. The number of fused-ring (bicyclic) bond motifs is 1. The van der Waals surface area contributed by atoms with Gasteiger partial charge in [-0.25, -0.2) is 0 Å². The summed E-state index contributed by atoms with van der Waals surface area (Å²) in [7, 11) is 3.50. The number of ketones is 1. The van der Waals surface area contributed by atoms with Gasteiger partial charge in [-0.1, -0.05) is 24.3 Å². The number of aryl methyl sites for hydroxylation is 1. The van der Waals surface area contributed by atoms with Crippen molar-refractivity contribution in [3.63, 3.8) is 0 Å². The molecule has 1 N–H and O–H groups in total. The SMILES string of the molecule is CNC(=O)[C@H]1Cc2ccccc2CN1CC(=O)c1cccn1C. The van der Waals surface area contributed by atoms with E-state index in [1.807, 2.05) is 47.0 Å². The molecule has 1 aliphatic heterocycles. The minimum Gasteiger partial charge on any atom is -0.358 e. The van der Waals surface area contributed by atoms with Crippen LogP contribution in [0.3, 0.4) is 0 Å². The van der Waals surface area contributed by atoms with Gasteiger partial charge in [0.15, 0.2) is 5.78 Å². The number of nitrogens with zero attached hydrogens (tertiary/aromatic N) is 2. The number of carbonyl (C=O) groups is 2. The molecular weight excluding hydrogens is 290 g/mol. The summed E-state index contributed by atoms with van der Waals surface area (Å²) in [6, 6.07) is 11.5. The molecular formula is C18H21N3O2. The molecule has 1 atom stereocenters. The minimum atomic E-state index is -0.306. The van der Waals surface area contributed by atoms with Crippen LogP contribution in [0.2, 0.25) is 0 Å². The number of carbonyl (C=O) groups excluding carboxylic acids is 2.